The van der Waals surface area contributed by atoms with Crippen molar-refractivity contribution in [2.75, 3.05) is 6.61 Å². The number of aliphatic hydroxyl groups excluding tert-OH is 1. The number of hydrogen-bond donors (Lipinski definition) is 2. The molecule has 0 bridgehead atoms. The Kier molecular flexibility index (Phi) is 6.63. The zero-order chi connectivity index (χ0) is 18.9. The quantitative estimate of drug-likeness (QED) is 0.291. The maximum atomic E-state index is 10.7. The third kappa shape index (κ3) is 7.16. The van der Waals surface area contributed by atoms with Gasteiger partial charge in [-0.2, -0.15) is 0 Å². The average Bonchev–Trinajstić information content (AvgIpc) is 2.32. The van der Waals surface area contributed by atoms with Crippen LogP contribution in [-0.2, 0) is 48.5 Å². The summed E-state index contributed by atoms with van der Waals surface area (Å²) in [5.41, 5.74) is 5.28. The van der Waals surface area contributed by atoms with E-state index in [4.69, 9.17) is 5.73 Å². The van der Waals surface area contributed by atoms with Gasteiger partial charge in [0.1, 0.15) is 18.3 Å². The lowest BCUT2D eigenvalue weighted by atomic mass is 9.98. The first-order valence-corrected chi connectivity index (χ1v) is 9.56. The number of hydrogen-bond acceptors (Lipinski definition) is 15. The van der Waals surface area contributed by atoms with Crippen LogP contribution in [0.15, 0.2) is 0 Å². The molecule has 1 saturated heterocycles. The Morgan fingerprint density at radius 3 is 1.79 bits per heavy atom. The van der Waals surface area contributed by atoms with E-state index in [9.17, 15) is 44.0 Å². The third-order valence-corrected chi connectivity index (χ3v) is 3.89. The molecule has 0 amide bonds. The first kappa shape index (κ1) is 21.5. The number of rotatable bonds is 7. The standard InChI is InChI=1S/C6H13NO14S3/c7-3-5(21-24(15,16)17)4(20-23(12,13)14)2(19-6(3)8)1-18-22(9,10)11/h2-6,8H,1,7H2,(H,9,10,11)(H,12,13,14)(H,15,16,17)/p-3. The van der Waals surface area contributed by atoms with Crippen molar-refractivity contribution in [3.63, 3.8) is 0 Å². The molecule has 0 spiro atoms. The number of nitrogens with two attached hydrogens (primary N) is 1. The Labute approximate surface area is 136 Å². The van der Waals surface area contributed by atoms with Crippen LogP contribution in [0.3, 0.4) is 0 Å². The molecule has 0 aromatic rings. The summed E-state index contributed by atoms with van der Waals surface area (Å²) < 4.78 is 112. The monoisotopic (exact) mass is 416 g/mol. The highest BCUT2D eigenvalue weighted by Crippen LogP contribution is 2.26. The van der Waals surface area contributed by atoms with E-state index in [1.165, 1.54) is 0 Å². The van der Waals surface area contributed by atoms with Gasteiger partial charge in [-0.3, -0.25) is 12.5 Å². The van der Waals surface area contributed by atoms with E-state index < -0.39 is 68.4 Å². The highest BCUT2D eigenvalue weighted by molar-refractivity contribution is 7.81. The van der Waals surface area contributed by atoms with Gasteiger partial charge in [0.25, 0.3) is 0 Å². The Morgan fingerprint density at radius 2 is 1.38 bits per heavy atom. The molecular weight excluding hydrogens is 406 g/mol. The summed E-state index contributed by atoms with van der Waals surface area (Å²) in [7, 11) is -16.4. The smallest absolute Gasteiger partial charge is 0.218 e. The molecule has 1 fully saturated rings. The van der Waals surface area contributed by atoms with Crippen molar-refractivity contribution >= 4 is 31.2 Å². The van der Waals surface area contributed by atoms with E-state index in [2.05, 4.69) is 17.3 Å². The lowest BCUT2D eigenvalue weighted by Crippen LogP contribution is -2.64. The number of ether oxygens (including phenoxy) is 1. The lowest BCUT2D eigenvalue weighted by Gasteiger charge is -2.42. The van der Waals surface area contributed by atoms with Gasteiger partial charge in [-0.15, -0.1) is 0 Å². The molecule has 5 atom stereocenters. The second-order valence-corrected chi connectivity index (χ2v) is 7.34. The molecule has 0 radical (unpaired) electrons. The molecule has 1 aliphatic heterocycles. The van der Waals surface area contributed by atoms with E-state index >= 15 is 0 Å². The van der Waals surface area contributed by atoms with Crippen LogP contribution in [0.2, 0.25) is 0 Å². The molecular formula is C6H10NO14S3-3. The average molecular weight is 416 g/mol. The Bertz CT molecular complexity index is 741. The van der Waals surface area contributed by atoms with Crippen molar-refractivity contribution in [1.29, 1.82) is 0 Å². The van der Waals surface area contributed by atoms with Gasteiger partial charge in [-0.05, 0) is 0 Å². The van der Waals surface area contributed by atoms with Gasteiger partial charge in [0, 0.05) is 0 Å². The van der Waals surface area contributed by atoms with Gasteiger partial charge >= 0.3 is 0 Å². The highest BCUT2D eigenvalue weighted by Gasteiger charge is 2.48. The molecule has 1 aliphatic rings. The minimum atomic E-state index is -5.57. The fourth-order valence-corrected chi connectivity index (χ4v) is 3.05. The second kappa shape index (κ2) is 7.39. The summed E-state index contributed by atoms with van der Waals surface area (Å²) in [6.45, 7) is -1.31. The van der Waals surface area contributed by atoms with Crippen molar-refractivity contribution < 1.29 is 61.3 Å². The molecule has 18 heteroatoms. The van der Waals surface area contributed by atoms with Crippen LogP contribution in [0, 0.1) is 0 Å². The van der Waals surface area contributed by atoms with Crippen LogP contribution in [-0.4, -0.2) is 81.3 Å². The summed E-state index contributed by atoms with van der Waals surface area (Å²) in [5, 5.41) is 9.47. The number of aliphatic hydroxyl groups is 1. The molecule has 1 rings (SSSR count). The van der Waals surface area contributed by atoms with Crippen LogP contribution in [0.1, 0.15) is 0 Å². The van der Waals surface area contributed by atoms with Crippen molar-refractivity contribution in [1.82, 2.24) is 0 Å². The van der Waals surface area contributed by atoms with Gasteiger partial charge in [-0.1, -0.05) is 0 Å². The summed E-state index contributed by atoms with van der Waals surface area (Å²) in [6.07, 6.45) is -8.74. The molecule has 3 N–H and O–H groups in total. The predicted octanol–water partition coefficient (Wildman–Crippen LogP) is -4.80. The second-order valence-electron chi connectivity index (χ2n) is 4.27. The molecule has 0 aromatic heterocycles. The minimum Gasteiger partial charge on any atom is -0.726 e. The van der Waals surface area contributed by atoms with Gasteiger partial charge < -0.3 is 29.2 Å². The first-order chi connectivity index (χ1) is 10.6. The fraction of sp³-hybridized carbons (Fsp3) is 1.00. The maximum absolute atomic E-state index is 10.7. The summed E-state index contributed by atoms with van der Waals surface area (Å²) in [4.78, 5) is 0. The zero-order valence-corrected chi connectivity index (χ0v) is 13.6. The molecule has 1 heterocycles. The molecule has 5 unspecified atom stereocenters. The van der Waals surface area contributed by atoms with Gasteiger partial charge in [0.15, 0.2) is 6.29 Å². The van der Waals surface area contributed by atoms with Crippen LogP contribution in [0.5, 0.6) is 0 Å². The Morgan fingerprint density at radius 1 is 0.917 bits per heavy atom. The molecule has 0 saturated carbocycles. The van der Waals surface area contributed by atoms with Crippen LogP contribution < -0.4 is 5.73 Å². The molecule has 15 nitrogen and oxygen atoms in total. The van der Waals surface area contributed by atoms with E-state index in [1.807, 2.05) is 0 Å². The van der Waals surface area contributed by atoms with Crippen molar-refractivity contribution in [2.24, 2.45) is 5.73 Å². The summed E-state index contributed by atoms with van der Waals surface area (Å²) in [5.74, 6) is 0. The Hall–Kier alpha value is -0.510. The van der Waals surface area contributed by atoms with Gasteiger partial charge in [0.2, 0.25) is 31.2 Å². The molecule has 0 aromatic carbocycles. The highest BCUT2D eigenvalue weighted by atomic mass is 32.3. The first-order valence-electron chi connectivity index (χ1n) is 5.56. The third-order valence-electron chi connectivity index (χ3n) is 2.55. The van der Waals surface area contributed by atoms with Crippen LogP contribution >= 0.6 is 0 Å². The largest absolute Gasteiger partial charge is 0.726 e. The summed E-state index contributed by atoms with van der Waals surface area (Å²) in [6, 6.07) is -1.90. The zero-order valence-electron chi connectivity index (χ0n) is 11.2. The van der Waals surface area contributed by atoms with Crippen molar-refractivity contribution in [2.45, 2.75) is 30.6 Å². The summed E-state index contributed by atoms with van der Waals surface area (Å²) >= 11 is 0. The Balaban J connectivity index is 3.18. The van der Waals surface area contributed by atoms with E-state index in [-0.39, 0.29) is 0 Å². The van der Waals surface area contributed by atoms with Crippen molar-refractivity contribution in [3.05, 3.63) is 0 Å². The maximum Gasteiger partial charge on any atom is 0.218 e. The topological polar surface area (TPSA) is 255 Å². The van der Waals surface area contributed by atoms with Gasteiger partial charge in [-0.25, -0.2) is 25.3 Å². The molecule has 24 heavy (non-hydrogen) atoms. The van der Waals surface area contributed by atoms with E-state index in [1.54, 1.807) is 0 Å². The van der Waals surface area contributed by atoms with Crippen LogP contribution in [0.4, 0.5) is 0 Å². The van der Waals surface area contributed by atoms with Gasteiger partial charge in [0.05, 0.1) is 12.6 Å². The van der Waals surface area contributed by atoms with Crippen molar-refractivity contribution in [3.8, 4) is 0 Å². The predicted molar refractivity (Wildman–Crippen MR) is 63.6 cm³/mol. The van der Waals surface area contributed by atoms with E-state index in [0.717, 1.165) is 0 Å². The normalized spacial score (nSPS) is 32.6. The minimum absolute atomic E-state index is 1.31. The lowest BCUT2D eigenvalue weighted by molar-refractivity contribution is -0.237. The fourth-order valence-electron chi connectivity index (χ4n) is 1.73. The SMILES string of the molecule is NC1C(O)OC(COS(=O)(=O)[O-])C(OS(=O)(=O)[O-])C1OS(=O)(=O)[O-]. The molecule has 144 valence electrons. The van der Waals surface area contributed by atoms with E-state index in [0.29, 0.717) is 0 Å². The molecule has 0 aliphatic carbocycles. The van der Waals surface area contributed by atoms with Crippen LogP contribution in [0.25, 0.3) is 0 Å².